The lowest BCUT2D eigenvalue weighted by molar-refractivity contribution is -0.0935. The van der Waals surface area contributed by atoms with Crippen molar-refractivity contribution < 1.29 is 5.11 Å². The fraction of sp³-hybridized carbons (Fsp3) is 1.00. The maximum Gasteiger partial charge on any atom is 0.0702 e. The molecular formula is C14H27NO. The molecule has 1 saturated heterocycles. The Morgan fingerprint density at radius 2 is 1.81 bits per heavy atom. The molecule has 0 amide bonds. The molecule has 2 fully saturated rings. The van der Waals surface area contributed by atoms with Gasteiger partial charge in [-0.25, -0.2) is 0 Å². The SMILES string of the molecule is CCC1CCCCC1C1(O)CCN(C)CC1. The van der Waals surface area contributed by atoms with E-state index in [2.05, 4.69) is 18.9 Å². The summed E-state index contributed by atoms with van der Waals surface area (Å²) in [5.41, 5.74) is -0.340. The van der Waals surface area contributed by atoms with Crippen molar-refractivity contribution >= 4 is 0 Å². The van der Waals surface area contributed by atoms with E-state index in [1.807, 2.05) is 0 Å². The van der Waals surface area contributed by atoms with E-state index < -0.39 is 0 Å². The Hall–Kier alpha value is -0.0800. The number of nitrogens with zero attached hydrogens (tertiary/aromatic N) is 1. The highest BCUT2D eigenvalue weighted by molar-refractivity contribution is 4.95. The van der Waals surface area contributed by atoms with E-state index in [0.717, 1.165) is 31.8 Å². The van der Waals surface area contributed by atoms with Crippen molar-refractivity contribution in [3.05, 3.63) is 0 Å². The summed E-state index contributed by atoms with van der Waals surface area (Å²) in [5, 5.41) is 10.9. The largest absolute Gasteiger partial charge is 0.389 e. The van der Waals surface area contributed by atoms with Crippen molar-refractivity contribution in [2.75, 3.05) is 20.1 Å². The van der Waals surface area contributed by atoms with E-state index in [9.17, 15) is 5.11 Å². The number of piperidine rings is 1. The first-order chi connectivity index (χ1) is 7.65. The second kappa shape index (κ2) is 5.05. The van der Waals surface area contributed by atoms with Gasteiger partial charge in [0.15, 0.2) is 0 Å². The molecule has 2 aliphatic rings. The highest BCUT2D eigenvalue weighted by Crippen LogP contribution is 2.43. The molecule has 1 heterocycles. The quantitative estimate of drug-likeness (QED) is 0.781. The Labute approximate surface area is 100 Å². The van der Waals surface area contributed by atoms with Crippen LogP contribution >= 0.6 is 0 Å². The van der Waals surface area contributed by atoms with Crippen LogP contribution in [0.5, 0.6) is 0 Å². The van der Waals surface area contributed by atoms with Crippen LogP contribution in [0, 0.1) is 11.8 Å². The molecular weight excluding hydrogens is 198 g/mol. The number of likely N-dealkylation sites (tertiary alicyclic amines) is 1. The average Bonchev–Trinajstić information content (AvgIpc) is 2.33. The third-order valence-electron chi connectivity index (χ3n) is 4.98. The molecule has 0 radical (unpaired) electrons. The van der Waals surface area contributed by atoms with Crippen molar-refractivity contribution in [3.63, 3.8) is 0 Å². The van der Waals surface area contributed by atoms with Gasteiger partial charge in [0.25, 0.3) is 0 Å². The van der Waals surface area contributed by atoms with E-state index in [-0.39, 0.29) is 5.60 Å². The van der Waals surface area contributed by atoms with Crippen LogP contribution in [0.3, 0.4) is 0 Å². The van der Waals surface area contributed by atoms with Crippen molar-refractivity contribution in [1.82, 2.24) is 4.90 Å². The lowest BCUT2D eigenvalue weighted by atomic mass is 9.66. The molecule has 0 bridgehead atoms. The Balaban J connectivity index is 2.03. The van der Waals surface area contributed by atoms with Gasteiger partial charge in [-0.3, -0.25) is 0 Å². The first-order valence-corrected chi connectivity index (χ1v) is 7.06. The number of hydrogen-bond donors (Lipinski definition) is 1. The van der Waals surface area contributed by atoms with Crippen molar-refractivity contribution in [1.29, 1.82) is 0 Å². The van der Waals surface area contributed by atoms with Crippen LogP contribution < -0.4 is 0 Å². The monoisotopic (exact) mass is 225 g/mol. The van der Waals surface area contributed by atoms with Crippen LogP contribution in [-0.4, -0.2) is 35.7 Å². The van der Waals surface area contributed by atoms with E-state index in [1.54, 1.807) is 0 Å². The standard InChI is InChI=1S/C14H27NO/c1-3-12-6-4-5-7-13(12)14(16)8-10-15(2)11-9-14/h12-13,16H,3-11H2,1-2H3. The van der Waals surface area contributed by atoms with Crippen molar-refractivity contribution in [2.45, 2.75) is 57.5 Å². The highest BCUT2D eigenvalue weighted by atomic mass is 16.3. The summed E-state index contributed by atoms with van der Waals surface area (Å²) < 4.78 is 0. The molecule has 16 heavy (non-hydrogen) atoms. The van der Waals surface area contributed by atoms with Crippen LogP contribution in [0.4, 0.5) is 0 Å². The van der Waals surface area contributed by atoms with E-state index >= 15 is 0 Å². The molecule has 1 saturated carbocycles. The maximum atomic E-state index is 10.9. The van der Waals surface area contributed by atoms with Gasteiger partial charge in [-0.15, -0.1) is 0 Å². The average molecular weight is 225 g/mol. The van der Waals surface area contributed by atoms with E-state index in [4.69, 9.17) is 0 Å². The van der Waals surface area contributed by atoms with Gasteiger partial charge >= 0.3 is 0 Å². The first-order valence-electron chi connectivity index (χ1n) is 7.06. The third-order valence-corrected chi connectivity index (χ3v) is 4.98. The molecule has 0 spiro atoms. The van der Waals surface area contributed by atoms with E-state index in [1.165, 1.54) is 32.1 Å². The third kappa shape index (κ3) is 2.43. The molecule has 1 N–H and O–H groups in total. The fourth-order valence-corrected chi connectivity index (χ4v) is 3.78. The summed E-state index contributed by atoms with van der Waals surface area (Å²) in [6, 6.07) is 0. The molecule has 2 nitrogen and oxygen atoms in total. The summed E-state index contributed by atoms with van der Waals surface area (Å²) in [7, 11) is 2.16. The molecule has 94 valence electrons. The van der Waals surface area contributed by atoms with Gasteiger partial charge in [-0.2, -0.15) is 0 Å². The van der Waals surface area contributed by atoms with Gasteiger partial charge in [-0.1, -0.05) is 32.6 Å². The lowest BCUT2D eigenvalue weighted by Gasteiger charge is -2.47. The maximum absolute atomic E-state index is 10.9. The van der Waals surface area contributed by atoms with Gasteiger partial charge in [0.1, 0.15) is 0 Å². The minimum atomic E-state index is -0.340. The van der Waals surface area contributed by atoms with Gasteiger partial charge in [0.2, 0.25) is 0 Å². The number of rotatable bonds is 2. The van der Waals surface area contributed by atoms with Crippen LogP contribution in [0.1, 0.15) is 51.9 Å². The summed E-state index contributed by atoms with van der Waals surface area (Å²) in [5.74, 6) is 1.36. The zero-order valence-electron chi connectivity index (χ0n) is 10.9. The molecule has 2 atom stereocenters. The van der Waals surface area contributed by atoms with E-state index in [0.29, 0.717) is 5.92 Å². The molecule has 1 aliphatic heterocycles. The minimum absolute atomic E-state index is 0.340. The molecule has 2 heteroatoms. The predicted molar refractivity (Wildman–Crippen MR) is 67.4 cm³/mol. The number of aliphatic hydroxyl groups is 1. The molecule has 1 aliphatic carbocycles. The second-order valence-corrected chi connectivity index (χ2v) is 5.97. The van der Waals surface area contributed by atoms with Gasteiger partial charge in [0.05, 0.1) is 5.60 Å². The van der Waals surface area contributed by atoms with Crippen molar-refractivity contribution in [3.8, 4) is 0 Å². The molecule has 0 aromatic heterocycles. The minimum Gasteiger partial charge on any atom is -0.389 e. The molecule has 2 rings (SSSR count). The summed E-state index contributed by atoms with van der Waals surface area (Å²) in [6.07, 6.45) is 8.56. The normalized spacial score (nSPS) is 36.2. The second-order valence-electron chi connectivity index (χ2n) is 5.97. The highest BCUT2D eigenvalue weighted by Gasteiger charge is 2.42. The van der Waals surface area contributed by atoms with Gasteiger partial charge in [0, 0.05) is 13.1 Å². The zero-order chi connectivity index (χ0) is 11.6. The Morgan fingerprint density at radius 1 is 1.19 bits per heavy atom. The van der Waals surface area contributed by atoms with Gasteiger partial charge < -0.3 is 10.0 Å². The Kier molecular flexibility index (Phi) is 3.91. The molecule has 0 aromatic carbocycles. The van der Waals surface area contributed by atoms with Crippen LogP contribution in [-0.2, 0) is 0 Å². The topological polar surface area (TPSA) is 23.5 Å². The predicted octanol–water partition coefficient (Wildman–Crippen LogP) is 2.66. The summed E-state index contributed by atoms with van der Waals surface area (Å²) >= 11 is 0. The van der Waals surface area contributed by atoms with Gasteiger partial charge in [-0.05, 0) is 38.1 Å². The van der Waals surface area contributed by atoms with Crippen molar-refractivity contribution in [2.24, 2.45) is 11.8 Å². The molecule has 2 unspecified atom stereocenters. The fourth-order valence-electron chi connectivity index (χ4n) is 3.78. The Bertz CT molecular complexity index is 221. The first kappa shape index (κ1) is 12.4. The lowest BCUT2D eigenvalue weighted by Crippen LogP contribution is -2.50. The van der Waals surface area contributed by atoms with Crippen LogP contribution in [0.2, 0.25) is 0 Å². The van der Waals surface area contributed by atoms with Crippen LogP contribution in [0.25, 0.3) is 0 Å². The Morgan fingerprint density at radius 3 is 2.44 bits per heavy atom. The van der Waals surface area contributed by atoms with Crippen LogP contribution in [0.15, 0.2) is 0 Å². The molecule has 0 aromatic rings. The summed E-state index contributed by atoms with van der Waals surface area (Å²) in [6.45, 7) is 4.44. The number of hydrogen-bond acceptors (Lipinski definition) is 2. The zero-order valence-corrected chi connectivity index (χ0v) is 10.9. The smallest absolute Gasteiger partial charge is 0.0702 e. The summed E-state index contributed by atoms with van der Waals surface area (Å²) in [4.78, 5) is 2.35.